The van der Waals surface area contributed by atoms with Crippen LogP contribution in [0.5, 0.6) is 0 Å². The molecule has 2 rings (SSSR count). The van der Waals surface area contributed by atoms with Crippen LogP contribution in [0.4, 0.5) is 10.1 Å². The number of hydrogen-bond acceptors (Lipinski definition) is 2. The van der Waals surface area contributed by atoms with Crippen LogP contribution in [0.3, 0.4) is 0 Å². The van der Waals surface area contributed by atoms with Crippen LogP contribution in [0.2, 0.25) is 0 Å². The maximum Gasteiger partial charge on any atom is 0.123 e. The zero-order valence-corrected chi connectivity index (χ0v) is 7.64. The Kier molecular flexibility index (Phi) is 2.02. The molecular formula is C10H8FNS. The third-order valence-corrected chi connectivity index (χ3v) is 2.75. The molecule has 1 aromatic carbocycles. The minimum Gasteiger partial charge on any atom is -0.398 e. The van der Waals surface area contributed by atoms with E-state index >= 15 is 0 Å². The second-order valence-corrected chi connectivity index (χ2v) is 3.66. The number of benzene rings is 1. The van der Waals surface area contributed by atoms with E-state index in [0.29, 0.717) is 0 Å². The first-order valence-electron chi connectivity index (χ1n) is 3.85. The fraction of sp³-hybridized carbons (Fsp3) is 0. The monoisotopic (exact) mass is 193 g/mol. The van der Waals surface area contributed by atoms with Crippen molar-refractivity contribution < 1.29 is 4.39 Å². The molecular weight excluding hydrogens is 185 g/mol. The van der Waals surface area contributed by atoms with Crippen molar-refractivity contribution in [3.63, 3.8) is 0 Å². The van der Waals surface area contributed by atoms with Gasteiger partial charge < -0.3 is 5.73 Å². The van der Waals surface area contributed by atoms with Gasteiger partial charge in [-0.3, -0.25) is 0 Å². The number of nitrogen functional groups attached to an aromatic ring is 1. The van der Waals surface area contributed by atoms with E-state index in [-0.39, 0.29) is 5.82 Å². The van der Waals surface area contributed by atoms with Crippen molar-refractivity contribution in [3.05, 3.63) is 41.5 Å². The SMILES string of the molecule is Nc1csc(-c2ccc(F)cc2)c1. The van der Waals surface area contributed by atoms with Gasteiger partial charge in [-0.2, -0.15) is 0 Å². The molecule has 0 amide bonds. The molecule has 0 bridgehead atoms. The number of halogens is 1. The van der Waals surface area contributed by atoms with Gasteiger partial charge in [0.2, 0.25) is 0 Å². The Bertz CT molecular complexity index is 405. The Balaban J connectivity index is 2.41. The molecule has 0 spiro atoms. The molecule has 1 aromatic heterocycles. The molecule has 0 aliphatic carbocycles. The standard InChI is InChI=1S/C10H8FNS/c11-8-3-1-7(2-4-8)10-5-9(12)6-13-10/h1-6H,12H2. The fourth-order valence-corrected chi connectivity index (χ4v) is 1.92. The first-order chi connectivity index (χ1) is 6.25. The van der Waals surface area contributed by atoms with Crippen LogP contribution >= 0.6 is 11.3 Å². The predicted molar refractivity (Wildman–Crippen MR) is 54.1 cm³/mol. The smallest absolute Gasteiger partial charge is 0.123 e. The van der Waals surface area contributed by atoms with Crippen molar-refractivity contribution in [1.29, 1.82) is 0 Å². The van der Waals surface area contributed by atoms with Crippen LogP contribution in [0.15, 0.2) is 35.7 Å². The van der Waals surface area contributed by atoms with Gasteiger partial charge in [0, 0.05) is 15.9 Å². The van der Waals surface area contributed by atoms with E-state index in [9.17, 15) is 4.39 Å². The van der Waals surface area contributed by atoms with Crippen LogP contribution in [-0.2, 0) is 0 Å². The van der Waals surface area contributed by atoms with Gasteiger partial charge in [0.15, 0.2) is 0 Å². The summed E-state index contributed by atoms with van der Waals surface area (Å²) in [4.78, 5) is 1.07. The van der Waals surface area contributed by atoms with Crippen molar-refractivity contribution in [1.82, 2.24) is 0 Å². The number of nitrogens with two attached hydrogens (primary N) is 1. The molecule has 0 fully saturated rings. The number of anilines is 1. The molecule has 66 valence electrons. The molecule has 0 aliphatic rings. The maximum absolute atomic E-state index is 12.6. The topological polar surface area (TPSA) is 26.0 Å². The van der Waals surface area contributed by atoms with E-state index in [2.05, 4.69) is 0 Å². The van der Waals surface area contributed by atoms with E-state index in [1.807, 2.05) is 11.4 Å². The minimum absolute atomic E-state index is 0.215. The third-order valence-electron chi connectivity index (χ3n) is 1.75. The Morgan fingerprint density at radius 1 is 1.15 bits per heavy atom. The zero-order valence-electron chi connectivity index (χ0n) is 6.83. The number of rotatable bonds is 1. The average molecular weight is 193 g/mol. The summed E-state index contributed by atoms with van der Waals surface area (Å²) in [6.07, 6.45) is 0. The molecule has 0 radical (unpaired) electrons. The van der Waals surface area contributed by atoms with Gasteiger partial charge in [0.1, 0.15) is 5.82 Å². The summed E-state index contributed by atoms with van der Waals surface area (Å²) < 4.78 is 12.6. The van der Waals surface area contributed by atoms with Crippen molar-refractivity contribution in [2.45, 2.75) is 0 Å². The molecule has 2 aromatic rings. The first-order valence-corrected chi connectivity index (χ1v) is 4.73. The van der Waals surface area contributed by atoms with E-state index in [4.69, 9.17) is 5.73 Å². The Hall–Kier alpha value is -1.35. The summed E-state index contributed by atoms with van der Waals surface area (Å²) in [5, 5.41) is 1.87. The molecule has 0 saturated heterocycles. The quantitative estimate of drug-likeness (QED) is 0.739. The lowest BCUT2D eigenvalue weighted by Crippen LogP contribution is -1.77. The lowest BCUT2D eigenvalue weighted by atomic mass is 10.2. The Morgan fingerprint density at radius 3 is 2.38 bits per heavy atom. The van der Waals surface area contributed by atoms with Gasteiger partial charge in [-0.25, -0.2) is 4.39 Å². The Labute approximate surface area is 79.6 Å². The van der Waals surface area contributed by atoms with Crippen molar-refractivity contribution in [3.8, 4) is 10.4 Å². The van der Waals surface area contributed by atoms with Crippen molar-refractivity contribution >= 4 is 17.0 Å². The Morgan fingerprint density at radius 2 is 1.85 bits per heavy atom. The van der Waals surface area contributed by atoms with E-state index in [1.165, 1.54) is 12.1 Å². The van der Waals surface area contributed by atoms with Crippen LogP contribution in [0.1, 0.15) is 0 Å². The number of hydrogen-bond donors (Lipinski definition) is 1. The normalized spacial score (nSPS) is 10.2. The van der Waals surface area contributed by atoms with Crippen LogP contribution < -0.4 is 5.73 Å². The second kappa shape index (κ2) is 3.18. The summed E-state index contributed by atoms with van der Waals surface area (Å²) in [5.41, 5.74) is 7.34. The van der Waals surface area contributed by atoms with E-state index in [1.54, 1.807) is 23.5 Å². The van der Waals surface area contributed by atoms with Crippen LogP contribution in [0.25, 0.3) is 10.4 Å². The zero-order chi connectivity index (χ0) is 9.26. The summed E-state index contributed by atoms with van der Waals surface area (Å²) in [7, 11) is 0. The maximum atomic E-state index is 12.6. The van der Waals surface area contributed by atoms with Crippen LogP contribution in [-0.4, -0.2) is 0 Å². The van der Waals surface area contributed by atoms with Gasteiger partial charge >= 0.3 is 0 Å². The largest absolute Gasteiger partial charge is 0.398 e. The molecule has 1 nitrogen and oxygen atoms in total. The summed E-state index contributed by atoms with van der Waals surface area (Å²) in [5.74, 6) is -0.215. The molecule has 0 unspecified atom stereocenters. The highest BCUT2D eigenvalue weighted by Crippen LogP contribution is 2.28. The second-order valence-electron chi connectivity index (χ2n) is 2.75. The summed E-state index contributed by atoms with van der Waals surface area (Å²) in [6.45, 7) is 0. The van der Waals surface area contributed by atoms with Crippen molar-refractivity contribution in [2.24, 2.45) is 0 Å². The lowest BCUT2D eigenvalue weighted by molar-refractivity contribution is 0.628. The summed E-state index contributed by atoms with van der Waals surface area (Å²) in [6, 6.07) is 8.29. The van der Waals surface area contributed by atoms with Gasteiger partial charge in [0.05, 0.1) is 0 Å². The molecule has 2 N–H and O–H groups in total. The summed E-state index contributed by atoms with van der Waals surface area (Å²) >= 11 is 1.56. The van der Waals surface area contributed by atoms with Crippen LogP contribution in [0, 0.1) is 5.82 Å². The third kappa shape index (κ3) is 1.70. The molecule has 1 heterocycles. The lowest BCUT2D eigenvalue weighted by Gasteiger charge is -1.95. The molecule has 0 aliphatic heterocycles. The highest BCUT2D eigenvalue weighted by molar-refractivity contribution is 7.14. The van der Waals surface area contributed by atoms with Gasteiger partial charge in [-0.1, -0.05) is 12.1 Å². The number of thiophene rings is 1. The van der Waals surface area contributed by atoms with Crippen molar-refractivity contribution in [2.75, 3.05) is 5.73 Å². The fourth-order valence-electron chi connectivity index (χ4n) is 1.12. The molecule has 0 atom stereocenters. The van der Waals surface area contributed by atoms with E-state index < -0.39 is 0 Å². The molecule has 3 heteroatoms. The van der Waals surface area contributed by atoms with Gasteiger partial charge in [-0.05, 0) is 23.8 Å². The first kappa shape index (κ1) is 8.26. The average Bonchev–Trinajstić information content (AvgIpc) is 2.53. The highest BCUT2D eigenvalue weighted by atomic mass is 32.1. The van der Waals surface area contributed by atoms with Gasteiger partial charge in [0.25, 0.3) is 0 Å². The highest BCUT2D eigenvalue weighted by Gasteiger charge is 2.00. The molecule has 13 heavy (non-hydrogen) atoms. The van der Waals surface area contributed by atoms with Gasteiger partial charge in [-0.15, -0.1) is 11.3 Å². The van der Waals surface area contributed by atoms with E-state index in [0.717, 1.165) is 16.1 Å². The molecule has 0 saturated carbocycles. The predicted octanol–water partition coefficient (Wildman–Crippen LogP) is 3.14. The minimum atomic E-state index is -0.215.